The number of fused-ring (bicyclic) bond motifs is 1. The predicted octanol–water partition coefficient (Wildman–Crippen LogP) is 0.981. The molecule has 0 spiro atoms. The van der Waals surface area contributed by atoms with Gasteiger partial charge in [-0.3, -0.25) is 14.4 Å². The number of aliphatic imine (C=N–C) groups is 2. The number of nitrogens with zero attached hydrogens (tertiary/aromatic N) is 4. The molecule has 2 amide bonds. The van der Waals surface area contributed by atoms with Crippen molar-refractivity contribution in [1.29, 1.82) is 0 Å². The van der Waals surface area contributed by atoms with Gasteiger partial charge in [-0.15, -0.1) is 0 Å². The summed E-state index contributed by atoms with van der Waals surface area (Å²) >= 11 is 0. The summed E-state index contributed by atoms with van der Waals surface area (Å²) in [6.45, 7) is 3.02. The van der Waals surface area contributed by atoms with Crippen molar-refractivity contribution in [2.75, 3.05) is 26.2 Å². The minimum atomic E-state index is -1.78. The lowest BCUT2D eigenvalue weighted by atomic mass is 10.1. The van der Waals surface area contributed by atoms with Crippen LogP contribution >= 0.6 is 0 Å². The molecule has 0 saturated carbocycles. The molecule has 1 aromatic carbocycles. The van der Waals surface area contributed by atoms with Gasteiger partial charge in [0.1, 0.15) is 0 Å². The highest BCUT2D eigenvalue weighted by molar-refractivity contribution is 6.16. The Morgan fingerprint density at radius 2 is 1.86 bits per heavy atom. The Morgan fingerprint density at radius 1 is 1.14 bits per heavy atom. The SMILES string of the molecule is CC1=NC(N2CCN(C(=O)c3cc(=O)[nH]c4ccccc34)CC2)=NC(=O)C1F. The molecule has 1 aromatic heterocycles. The van der Waals surface area contributed by atoms with Crippen molar-refractivity contribution in [2.24, 2.45) is 9.98 Å². The molecule has 9 heteroatoms. The molecule has 4 rings (SSSR count). The third-order valence-corrected chi connectivity index (χ3v) is 4.90. The van der Waals surface area contributed by atoms with Crippen molar-refractivity contribution >= 4 is 34.4 Å². The number of H-pyrrole nitrogens is 1. The zero-order valence-corrected chi connectivity index (χ0v) is 15.2. The summed E-state index contributed by atoms with van der Waals surface area (Å²) in [5.41, 5.74) is 0.717. The number of benzene rings is 1. The lowest BCUT2D eigenvalue weighted by Crippen LogP contribution is -2.51. The first-order valence-corrected chi connectivity index (χ1v) is 8.92. The molecule has 1 saturated heterocycles. The number of guanidine groups is 1. The van der Waals surface area contributed by atoms with E-state index in [4.69, 9.17) is 0 Å². The molecule has 144 valence electrons. The number of pyridine rings is 1. The Labute approximate surface area is 159 Å². The van der Waals surface area contributed by atoms with Gasteiger partial charge in [0, 0.05) is 43.1 Å². The van der Waals surface area contributed by atoms with Gasteiger partial charge in [-0.25, -0.2) is 9.38 Å². The predicted molar refractivity (Wildman–Crippen MR) is 102 cm³/mol. The summed E-state index contributed by atoms with van der Waals surface area (Å²) in [5, 5.41) is 0.686. The van der Waals surface area contributed by atoms with Crippen LogP contribution in [0, 0.1) is 0 Å². The highest BCUT2D eigenvalue weighted by Crippen LogP contribution is 2.18. The quantitative estimate of drug-likeness (QED) is 0.794. The van der Waals surface area contributed by atoms with Crippen LogP contribution in [-0.4, -0.2) is 70.6 Å². The minimum Gasteiger partial charge on any atom is -0.337 e. The van der Waals surface area contributed by atoms with Crippen molar-refractivity contribution in [2.45, 2.75) is 13.1 Å². The van der Waals surface area contributed by atoms with Crippen LogP contribution in [0.4, 0.5) is 4.39 Å². The number of aromatic amines is 1. The first kappa shape index (κ1) is 18.0. The topological polar surface area (TPSA) is 98.2 Å². The van der Waals surface area contributed by atoms with Gasteiger partial charge in [-0.2, -0.15) is 4.99 Å². The van der Waals surface area contributed by atoms with Gasteiger partial charge in [0.05, 0.1) is 11.3 Å². The monoisotopic (exact) mass is 383 g/mol. The van der Waals surface area contributed by atoms with E-state index in [2.05, 4.69) is 15.0 Å². The van der Waals surface area contributed by atoms with E-state index in [9.17, 15) is 18.8 Å². The van der Waals surface area contributed by atoms with E-state index in [0.717, 1.165) is 0 Å². The average Bonchev–Trinajstić information content (AvgIpc) is 2.70. The number of nitrogens with one attached hydrogen (secondary N) is 1. The van der Waals surface area contributed by atoms with E-state index in [-0.39, 0.29) is 23.1 Å². The van der Waals surface area contributed by atoms with Crippen LogP contribution in [0.3, 0.4) is 0 Å². The summed E-state index contributed by atoms with van der Waals surface area (Å²) in [6, 6.07) is 8.47. The number of alkyl halides is 1. The number of hydrogen-bond acceptors (Lipinski definition) is 5. The summed E-state index contributed by atoms with van der Waals surface area (Å²) in [7, 11) is 0. The molecule has 2 aliphatic rings. The fourth-order valence-corrected chi connectivity index (χ4v) is 3.38. The Balaban J connectivity index is 1.52. The van der Waals surface area contributed by atoms with Crippen molar-refractivity contribution < 1.29 is 14.0 Å². The van der Waals surface area contributed by atoms with Crippen LogP contribution in [0.2, 0.25) is 0 Å². The number of para-hydroxylation sites is 1. The standard InChI is InChI=1S/C19H18FN5O3/c1-11-16(20)17(27)23-19(21-11)25-8-6-24(7-9-25)18(28)13-10-15(26)22-14-5-3-2-4-12(13)14/h2-5,10,16H,6-9H2,1H3,(H,22,26). The van der Waals surface area contributed by atoms with Gasteiger partial charge in [-0.05, 0) is 13.0 Å². The lowest BCUT2D eigenvalue weighted by molar-refractivity contribution is -0.120. The van der Waals surface area contributed by atoms with E-state index in [1.807, 2.05) is 6.07 Å². The van der Waals surface area contributed by atoms with E-state index in [1.165, 1.54) is 13.0 Å². The van der Waals surface area contributed by atoms with Crippen LogP contribution in [0.25, 0.3) is 10.9 Å². The fourth-order valence-electron chi connectivity index (χ4n) is 3.38. The van der Waals surface area contributed by atoms with Gasteiger partial charge in [-0.1, -0.05) is 18.2 Å². The fraction of sp³-hybridized carbons (Fsp3) is 0.316. The lowest BCUT2D eigenvalue weighted by Gasteiger charge is -2.36. The Bertz CT molecular complexity index is 1080. The molecule has 28 heavy (non-hydrogen) atoms. The van der Waals surface area contributed by atoms with Crippen LogP contribution in [0.1, 0.15) is 17.3 Å². The van der Waals surface area contributed by atoms with Crippen LogP contribution in [0.15, 0.2) is 45.1 Å². The van der Waals surface area contributed by atoms with Gasteiger partial charge in [0.15, 0.2) is 0 Å². The molecule has 2 aliphatic heterocycles. The highest BCUT2D eigenvalue weighted by Gasteiger charge is 2.30. The Hall–Kier alpha value is -3.36. The first-order chi connectivity index (χ1) is 13.4. The molecule has 2 aromatic rings. The second-order valence-corrected chi connectivity index (χ2v) is 6.74. The molecule has 0 bridgehead atoms. The molecule has 3 heterocycles. The molecular weight excluding hydrogens is 365 g/mol. The minimum absolute atomic E-state index is 0.0866. The normalized spacial score (nSPS) is 20.2. The zero-order valence-electron chi connectivity index (χ0n) is 15.2. The van der Waals surface area contributed by atoms with E-state index in [1.54, 1.807) is 28.0 Å². The molecule has 1 fully saturated rings. The summed E-state index contributed by atoms with van der Waals surface area (Å²) < 4.78 is 13.5. The second-order valence-electron chi connectivity index (χ2n) is 6.74. The van der Waals surface area contributed by atoms with Gasteiger partial charge < -0.3 is 14.8 Å². The molecule has 0 aliphatic carbocycles. The number of carbonyl (C=O) groups excluding carboxylic acids is 2. The zero-order chi connectivity index (χ0) is 19.8. The molecule has 0 radical (unpaired) electrons. The van der Waals surface area contributed by atoms with Crippen molar-refractivity contribution in [1.82, 2.24) is 14.8 Å². The van der Waals surface area contributed by atoms with Crippen LogP contribution in [0.5, 0.6) is 0 Å². The Kier molecular flexibility index (Phi) is 4.50. The maximum absolute atomic E-state index is 13.5. The second kappa shape index (κ2) is 6.99. The number of aromatic nitrogens is 1. The van der Waals surface area contributed by atoms with Crippen LogP contribution in [-0.2, 0) is 4.79 Å². The van der Waals surface area contributed by atoms with E-state index >= 15 is 0 Å². The third kappa shape index (κ3) is 3.19. The third-order valence-electron chi connectivity index (χ3n) is 4.90. The largest absolute Gasteiger partial charge is 0.337 e. The average molecular weight is 383 g/mol. The molecule has 1 unspecified atom stereocenters. The van der Waals surface area contributed by atoms with Crippen LogP contribution < -0.4 is 5.56 Å². The molecule has 1 atom stereocenters. The number of hydrogen-bond donors (Lipinski definition) is 1. The maximum Gasteiger partial charge on any atom is 0.289 e. The van der Waals surface area contributed by atoms with E-state index < -0.39 is 12.1 Å². The molecule has 1 N–H and O–H groups in total. The number of rotatable bonds is 1. The molecule has 8 nitrogen and oxygen atoms in total. The number of halogens is 1. The maximum atomic E-state index is 13.5. The number of amides is 2. The Morgan fingerprint density at radius 3 is 2.57 bits per heavy atom. The smallest absolute Gasteiger partial charge is 0.289 e. The van der Waals surface area contributed by atoms with Crippen molar-refractivity contribution in [3.8, 4) is 0 Å². The van der Waals surface area contributed by atoms with Gasteiger partial charge in [0.2, 0.25) is 17.7 Å². The van der Waals surface area contributed by atoms with E-state index in [0.29, 0.717) is 42.6 Å². The number of carbonyl (C=O) groups is 2. The van der Waals surface area contributed by atoms with Gasteiger partial charge >= 0.3 is 0 Å². The summed E-state index contributed by atoms with van der Waals surface area (Å²) in [5.74, 6) is -0.895. The first-order valence-electron chi connectivity index (χ1n) is 8.92. The highest BCUT2D eigenvalue weighted by atomic mass is 19.1. The number of piperazine rings is 1. The summed E-state index contributed by atoms with van der Waals surface area (Å²) in [4.78, 5) is 50.4. The van der Waals surface area contributed by atoms with Crippen molar-refractivity contribution in [3.05, 3.63) is 46.2 Å². The van der Waals surface area contributed by atoms with Gasteiger partial charge in [0.25, 0.3) is 11.8 Å². The molecular formula is C19H18FN5O3. The summed E-state index contributed by atoms with van der Waals surface area (Å²) in [6.07, 6.45) is -1.78. The van der Waals surface area contributed by atoms with Crippen molar-refractivity contribution in [3.63, 3.8) is 0 Å².